The molecule has 2 heterocycles. The number of nitrogens with two attached hydrogens (primary N) is 1. The van der Waals surface area contributed by atoms with Crippen LogP contribution in [0.25, 0.3) is 0 Å². The standard InChI is InChI=1S/C13H15N3S/c14-10-5-6-15-13(8-10)16(11-3-4-11)9-12-2-1-7-17-12/h1-2,5-8,11H,3-4,9H2,(H2,14,15). The first kappa shape index (κ1) is 10.6. The normalized spacial score (nSPS) is 14.8. The summed E-state index contributed by atoms with van der Waals surface area (Å²) in [6.07, 6.45) is 4.32. The fourth-order valence-corrected chi connectivity index (χ4v) is 2.65. The van der Waals surface area contributed by atoms with E-state index in [2.05, 4.69) is 27.4 Å². The molecule has 2 N–H and O–H groups in total. The molecule has 2 aromatic rings. The summed E-state index contributed by atoms with van der Waals surface area (Å²) in [4.78, 5) is 8.17. The molecule has 0 amide bonds. The van der Waals surface area contributed by atoms with E-state index in [1.54, 1.807) is 17.5 Å². The lowest BCUT2D eigenvalue weighted by atomic mass is 10.3. The maximum atomic E-state index is 5.83. The Labute approximate surface area is 105 Å². The second-order valence-corrected chi connectivity index (χ2v) is 5.42. The summed E-state index contributed by atoms with van der Waals surface area (Å²) < 4.78 is 0. The van der Waals surface area contributed by atoms with E-state index >= 15 is 0 Å². The Bertz CT molecular complexity index is 491. The lowest BCUT2D eigenvalue weighted by molar-refractivity contribution is 0.787. The van der Waals surface area contributed by atoms with Crippen LogP contribution in [-0.4, -0.2) is 11.0 Å². The van der Waals surface area contributed by atoms with Crippen LogP contribution in [0.5, 0.6) is 0 Å². The van der Waals surface area contributed by atoms with Crippen LogP contribution in [0, 0.1) is 0 Å². The van der Waals surface area contributed by atoms with Crippen molar-refractivity contribution in [3.63, 3.8) is 0 Å². The lowest BCUT2D eigenvalue weighted by Gasteiger charge is -2.23. The molecule has 1 aliphatic rings. The van der Waals surface area contributed by atoms with E-state index in [0.29, 0.717) is 6.04 Å². The van der Waals surface area contributed by atoms with Crippen molar-refractivity contribution in [1.29, 1.82) is 0 Å². The highest BCUT2D eigenvalue weighted by Gasteiger charge is 2.30. The fourth-order valence-electron chi connectivity index (χ4n) is 1.95. The number of hydrogen-bond acceptors (Lipinski definition) is 4. The zero-order valence-electron chi connectivity index (χ0n) is 9.54. The van der Waals surface area contributed by atoms with Crippen LogP contribution in [0.3, 0.4) is 0 Å². The summed E-state index contributed by atoms with van der Waals surface area (Å²) in [5.74, 6) is 1.00. The summed E-state index contributed by atoms with van der Waals surface area (Å²) in [5.41, 5.74) is 6.61. The molecule has 2 aromatic heterocycles. The number of nitrogen functional groups attached to an aromatic ring is 1. The van der Waals surface area contributed by atoms with Crippen molar-refractivity contribution in [2.75, 3.05) is 10.6 Å². The van der Waals surface area contributed by atoms with Gasteiger partial charge in [-0.2, -0.15) is 0 Å². The molecule has 88 valence electrons. The van der Waals surface area contributed by atoms with E-state index in [1.807, 2.05) is 12.1 Å². The number of aromatic nitrogens is 1. The third-order valence-corrected chi connectivity index (χ3v) is 3.82. The maximum Gasteiger partial charge on any atom is 0.131 e. The zero-order valence-corrected chi connectivity index (χ0v) is 10.4. The van der Waals surface area contributed by atoms with Crippen molar-refractivity contribution >= 4 is 22.8 Å². The van der Waals surface area contributed by atoms with Crippen molar-refractivity contribution < 1.29 is 0 Å². The van der Waals surface area contributed by atoms with Crippen LogP contribution < -0.4 is 10.6 Å². The molecular formula is C13H15N3S. The van der Waals surface area contributed by atoms with E-state index in [4.69, 9.17) is 5.73 Å². The summed E-state index contributed by atoms with van der Waals surface area (Å²) >= 11 is 1.79. The number of hydrogen-bond donors (Lipinski definition) is 1. The van der Waals surface area contributed by atoms with Crippen molar-refractivity contribution in [2.45, 2.75) is 25.4 Å². The van der Waals surface area contributed by atoms with Gasteiger partial charge in [0.2, 0.25) is 0 Å². The largest absolute Gasteiger partial charge is 0.399 e. The number of anilines is 2. The monoisotopic (exact) mass is 245 g/mol. The van der Waals surface area contributed by atoms with Crippen LogP contribution in [-0.2, 0) is 6.54 Å². The van der Waals surface area contributed by atoms with E-state index < -0.39 is 0 Å². The smallest absolute Gasteiger partial charge is 0.131 e. The molecule has 1 saturated carbocycles. The Hall–Kier alpha value is -1.55. The molecule has 0 spiro atoms. The predicted molar refractivity (Wildman–Crippen MR) is 72.2 cm³/mol. The first-order valence-corrected chi connectivity index (χ1v) is 6.71. The Kier molecular flexibility index (Phi) is 2.73. The quantitative estimate of drug-likeness (QED) is 0.900. The summed E-state index contributed by atoms with van der Waals surface area (Å²) in [7, 11) is 0. The third-order valence-electron chi connectivity index (χ3n) is 2.96. The molecule has 0 unspecified atom stereocenters. The van der Waals surface area contributed by atoms with Gasteiger partial charge in [0.1, 0.15) is 5.82 Å². The molecule has 0 bridgehead atoms. The van der Waals surface area contributed by atoms with E-state index in [1.165, 1.54) is 17.7 Å². The van der Waals surface area contributed by atoms with Gasteiger partial charge in [-0.25, -0.2) is 4.98 Å². The molecular weight excluding hydrogens is 230 g/mol. The van der Waals surface area contributed by atoms with Crippen molar-refractivity contribution in [1.82, 2.24) is 4.98 Å². The Morgan fingerprint density at radius 3 is 2.94 bits per heavy atom. The molecule has 0 saturated heterocycles. The molecule has 1 aliphatic carbocycles. The summed E-state index contributed by atoms with van der Waals surface area (Å²) in [6, 6.07) is 8.71. The van der Waals surface area contributed by atoms with Crippen LogP contribution in [0.2, 0.25) is 0 Å². The van der Waals surface area contributed by atoms with Gasteiger partial charge in [0.25, 0.3) is 0 Å². The highest BCUT2D eigenvalue weighted by molar-refractivity contribution is 7.09. The van der Waals surface area contributed by atoms with Crippen LogP contribution in [0.4, 0.5) is 11.5 Å². The Morgan fingerprint density at radius 2 is 2.29 bits per heavy atom. The molecule has 0 aliphatic heterocycles. The number of nitrogens with zero attached hydrogens (tertiary/aromatic N) is 2. The molecule has 0 atom stereocenters. The van der Waals surface area contributed by atoms with Crippen molar-refractivity contribution in [3.8, 4) is 0 Å². The van der Waals surface area contributed by atoms with Crippen molar-refractivity contribution in [3.05, 3.63) is 40.7 Å². The van der Waals surface area contributed by atoms with Gasteiger partial charge in [-0.1, -0.05) is 6.07 Å². The SMILES string of the molecule is Nc1ccnc(N(Cc2cccs2)C2CC2)c1. The Morgan fingerprint density at radius 1 is 1.41 bits per heavy atom. The molecule has 17 heavy (non-hydrogen) atoms. The van der Waals surface area contributed by atoms with Gasteiger partial charge in [0.15, 0.2) is 0 Å². The Balaban J connectivity index is 1.85. The van der Waals surface area contributed by atoms with E-state index in [0.717, 1.165) is 18.1 Å². The first-order chi connectivity index (χ1) is 8.33. The van der Waals surface area contributed by atoms with E-state index in [9.17, 15) is 0 Å². The summed E-state index contributed by atoms with van der Waals surface area (Å²) in [6.45, 7) is 0.943. The minimum absolute atomic E-state index is 0.645. The second kappa shape index (κ2) is 4.37. The van der Waals surface area contributed by atoms with Crippen LogP contribution >= 0.6 is 11.3 Å². The van der Waals surface area contributed by atoms with Crippen molar-refractivity contribution in [2.24, 2.45) is 0 Å². The highest BCUT2D eigenvalue weighted by atomic mass is 32.1. The topological polar surface area (TPSA) is 42.1 Å². The molecule has 4 heteroatoms. The van der Waals surface area contributed by atoms with Gasteiger partial charge in [0.05, 0.1) is 6.54 Å². The fraction of sp³-hybridized carbons (Fsp3) is 0.308. The highest BCUT2D eigenvalue weighted by Crippen LogP contribution is 2.33. The second-order valence-electron chi connectivity index (χ2n) is 4.39. The molecule has 1 fully saturated rings. The average Bonchev–Trinajstić information content (AvgIpc) is 3.03. The summed E-state index contributed by atoms with van der Waals surface area (Å²) in [5, 5.41) is 2.12. The molecule has 3 nitrogen and oxygen atoms in total. The number of rotatable bonds is 4. The number of thiophene rings is 1. The minimum Gasteiger partial charge on any atom is -0.399 e. The van der Waals surface area contributed by atoms with Crippen LogP contribution in [0.15, 0.2) is 35.8 Å². The first-order valence-electron chi connectivity index (χ1n) is 5.83. The number of pyridine rings is 1. The van der Waals surface area contributed by atoms with Gasteiger partial charge in [-0.05, 0) is 30.4 Å². The minimum atomic E-state index is 0.645. The van der Waals surface area contributed by atoms with Gasteiger partial charge >= 0.3 is 0 Å². The van der Waals surface area contributed by atoms with Gasteiger partial charge in [-0.15, -0.1) is 11.3 Å². The van der Waals surface area contributed by atoms with E-state index in [-0.39, 0.29) is 0 Å². The molecule has 3 rings (SSSR count). The molecule has 0 aromatic carbocycles. The zero-order chi connectivity index (χ0) is 11.7. The van der Waals surface area contributed by atoms with Gasteiger partial charge < -0.3 is 10.6 Å². The predicted octanol–water partition coefficient (Wildman–Crippen LogP) is 2.89. The van der Waals surface area contributed by atoms with Crippen LogP contribution in [0.1, 0.15) is 17.7 Å². The lowest BCUT2D eigenvalue weighted by Crippen LogP contribution is -2.25. The maximum absolute atomic E-state index is 5.83. The molecule has 0 radical (unpaired) electrons. The van der Waals surface area contributed by atoms with Gasteiger partial charge in [0, 0.05) is 28.9 Å². The average molecular weight is 245 g/mol. The third kappa shape index (κ3) is 2.42. The van der Waals surface area contributed by atoms with Gasteiger partial charge in [-0.3, -0.25) is 0 Å².